The zero-order chi connectivity index (χ0) is 11.7. The summed E-state index contributed by atoms with van der Waals surface area (Å²) in [4.78, 5) is 9.65. The Morgan fingerprint density at radius 1 is 1.27 bits per heavy atom. The highest BCUT2D eigenvalue weighted by atomic mass is 35.5. The number of rotatable bonds is 4. The number of carboxylic acids is 1. The molecular formula is C9H22ClNO4. The fourth-order valence-corrected chi connectivity index (χ4v) is 0.622. The molecule has 0 fully saturated rings. The quantitative estimate of drug-likeness (QED) is 0.674. The van der Waals surface area contributed by atoms with Gasteiger partial charge in [0.25, 0.3) is 0 Å². The number of nitrogens with two attached hydrogens (primary N) is 1. The first-order valence-electron chi connectivity index (χ1n) is 4.56. The van der Waals surface area contributed by atoms with Crippen LogP contribution in [0.3, 0.4) is 0 Å². The maximum atomic E-state index is 9.65. The van der Waals surface area contributed by atoms with Gasteiger partial charge < -0.3 is 20.7 Å². The third kappa shape index (κ3) is 19.9. The Hall–Kier alpha value is -0.360. The summed E-state index contributed by atoms with van der Waals surface area (Å²) >= 11 is 0. The van der Waals surface area contributed by atoms with E-state index in [1.54, 1.807) is 0 Å². The molecule has 0 aromatic rings. The van der Waals surface area contributed by atoms with Crippen molar-refractivity contribution >= 4 is 18.4 Å². The van der Waals surface area contributed by atoms with E-state index in [1.165, 1.54) is 0 Å². The molecule has 6 heteroatoms. The van der Waals surface area contributed by atoms with Crippen LogP contribution < -0.4 is 5.73 Å². The van der Waals surface area contributed by atoms with Crippen LogP contribution in [0.2, 0.25) is 0 Å². The monoisotopic (exact) mass is 243 g/mol. The Balaban J connectivity index is -0.000000180. The zero-order valence-electron chi connectivity index (χ0n) is 9.64. The molecule has 5 nitrogen and oxygen atoms in total. The molecule has 0 aliphatic heterocycles. The Kier molecular flexibility index (Phi) is 15.7. The molecule has 0 rings (SSSR count). The molecule has 0 saturated carbocycles. The molecule has 0 aliphatic rings. The number of hydrogen-bond donors (Lipinski definition) is 3. The van der Waals surface area contributed by atoms with E-state index in [4.69, 9.17) is 20.7 Å². The number of carbonyl (C=O) groups is 1. The summed E-state index contributed by atoms with van der Waals surface area (Å²) in [6, 6.07) is -1.13. The van der Waals surface area contributed by atoms with Crippen LogP contribution in [0.5, 0.6) is 0 Å². The number of halogens is 1. The van der Waals surface area contributed by atoms with Crippen LogP contribution in [-0.2, 0) is 9.53 Å². The molecule has 0 bridgehead atoms. The average molecular weight is 244 g/mol. The van der Waals surface area contributed by atoms with Crippen LogP contribution >= 0.6 is 12.4 Å². The van der Waals surface area contributed by atoms with E-state index in [0.29, 0.717) is 12.2 Å². The van der Waals surface area contributed by atoms with E-state index in [0.717, 1.165) is 0 Å². The third-order valence-corrected chi connectivity index (χ3v) is 1.06. The van der Waals surface area contributed by atoms with Crippen molar-refractivity contribution in [2.24, 2.45) is 5.73 Å². The van der Waals surface area contributed by atoms with Gasteiger partial charge in [0, 0.05) is 0 Å². The van der Waals surface area contributed by atoms with Gasteiger partial charge >= 0.3 is 5.97 Å². The summed E-state index contributed by atoms with van der Waals surface area (Å²) in [6.07, 6.45) is 0.750. The fourth-order valence-electron chi connectivity index (χ4n) is 0.622. The van der Waals surface area contributed by atoms with Crippen molar-refractivity contribution in [1.29, 1.82) is 0 Å². The molecule has 0 spiro atoms. The minimum absolute atomic E-state index is 0. The molecule has 0 aromatic heterocycles. The summed E-state index contributed by atoms with van der Waals surface area (Å²) in [6.45, 7) is 7.66. The Morgan fingerprint density at radius 3 is 1.60 bits per heavy atom. The number of hydrogen-bond acceptors (Lipinski definition) is 4. The predicted octanol–water partition coefficient (Wildman–Crippen LogP) is 0.632. The van der Waals surface area contributed by atoms with Crippen molar-refractivity contribution in [3.8, 4) is 0 Å². The van der Waals surface area contributed by atoms with Gasteiger partial charge in [-0.2, -0.15) is 0 Å². The summed E-state index contributed by atoms with van der Waals surface area (Å²) < 4.78 is 5.25. The molecule has 0 aliphatic carbocycles. The molecule has 0 saturated heterocycles. The van der Waals surface area contributed by atoms with E-state index in [2.05, 4.69) is 0 Å². The topological polar surface area (TPSA) is 92.8 Å². The van der Waals surface area contributed by atoms with Gasteiger partial charge in [-0.25, -0.2) is 0 Å². The lowest BCUT2D eigenvalue weighted by molar-refractivity contribution is -0.139. The Labute approximate surface area is 97.0 Å². The number of aliphatic hydroxyl groups is 1. The van der Waals surface area contributed by atoms with Crippen molar-refractivity contribution in [1.82, 2.24) is 0 Å². The van der Waals surface area contributed by atoms with Crippen LogP contribution in [0.25, 0.3) is 0 Å². The smallest absolute Gasteiger partial charge is 0.322 e. The molecule has 15 heavy (non-hydrogen) atoms. The predicted molar refractivity (Wildman–Crippen MR) is 61.3 cm³/mol. The van der Waals surface area contributed by atoms with Crippen LogP contribution in [0.1, 0.15) is 27.7 Å². The van der Waals surface area contributed by atoms with Crippen molar-refractivity contribution in [2.75, 3.05) is 6.61 Å². The number of aliphatic hydroxyl groups excluding tert-OH is 1. The zero-order valence-corrected chi connectivity index (χ0v) is 10.5. The lowest BCUT2D eigenvalue weighted by Crippen LogP contribution is -2.33. The second-order valence-corrected chi connectivity index (χ2v) is 3.36. The fraction of sp³-hybridized carbons (Fsp3) is 0.889. The molecular weight excluding hydrogens is 222 g/mol. The van der Waals surface area contributed by atoms with Crippen LogP contribution in [0.4, 0.5) is 0 Å². The molecule has 1 atom stereocenters. The molecule has 4 N–H and O–H groups in total. The first kappa shape index (κ1) is 20.1. The largest absolute Gasteiger partial charge is 0.480 e. The van der Waals surface area contributed by atoms with E-state index in [1.807, 2.05) is 27.7 Å². The lowest BCUT2D eigenvalue weighted by atomic mass is 10.3. The lowest BCUT2D eigenvalue weighted by Gasteiger charge is -2.09. The minimum Gasteiger partial charge on any atom is -0.480 e. The molecule has 0 radical (unpaired) electrons. The van der Waals surface area contributed by atoms with Crippen molar-refractivity contribution in [3.63, 3.8) is 0 Å². The first-order valence-corrected chi connectivity index (χ1v) is 4.56. The van der Waals surface area contributed by atoms with Crippen molar-refractivity contribution < 1.29 is 19.7 Å². The second-order valence-electron chi connectivity index (χ2n) is 3.36. The Morgan fingerprint density at radius 2 is 1.60 bits per heavy atom. The van der Waals surface area contributed by atoms with Gasteiger partial charge in [0.05, 0.1) is 18.8 Å². The highest BCUT2D eigenvalue weighted by Crippen LogP contribution is 1.93. The van der Waals surface area contributed by atoms with Gasteiger partial charge in [-0.3, -0.25) is 4.79 Å². The normalized spacial score (nSPS) is 11.5. The van der Waals surface area contributed by atoms with E-state index in [-0.39, 0.29) is 12.4 Å². The van der Waals surface area contributed by atoms with Crippen molar-refractivity contribution in [3.05, 3.63) is 0 Å². The maximum absolute atomic E-state index is 9.65. The summed E-state index contributed by atoms with van der Waals surface area (Å²) in [7, 11) is 0. The van der Waals surface area contributed by atoms with Gasteiger partial charge in [-0.1, -0.05) is 0 Å². The minimum atomic E-state index is -1.18. The van der Waals surface area contributed by atoms with Gasteiger partial charge in [0.15, 0.2) is 0 Å². The van der Waals surface area contributed by atoms with E-state index < -0.39 is 18.6 Å². The summed E-state index contributed by atoms with van der Waals surface area (Å²) in [5, 5.41) is 15.9. The molecule has 0 amide bonds. The molecule has 94 valence electrons. The highest BCUT2D eigenvalue weighted by Gasteiger charge is 2.06. The van der Waals surface area contributed by atoms with Crippen LogP contribution in [0, 0.1) is 0 Å². The van der Waals surface area contributed by atoms with Crippen LogP contribution in [0.15, 0.2) is 0 Å². The third-order valence-electron chi connectivity index (χ3n) is 1.06. The van der Waals surface area contributed by atoms with E-state index in [9.17, 15) is 4.79 Å². The number of ether oxygens (including phenoxy) is 1. The van der Waals surface area contributed by atoms with Gasteiger partial charge in [-0.05, 0) is 27.7 Å². The molecule has 0 heterocycles. The summed E-state index contributed by atoms with van der Waals surface area (Å²) in [5.74, 6) is -1.18. The van der Waals surface area contributed by atoms with E-state index >= 15 is 0 Å². The highest BCUT2D eigenvalue weighted by molar-refractivity contribution is 5.85. The summed E-state index contributed by atoms with van der Waals surface area (Å²) in [5.41, 5.74) is 4.77. The SMILES string of the molecule is CC(C)OC(C)C.Cl.N[C@@H](CO)C(=O)O. The molecule has 0 aromatic carbocycles. The average Bonchev–Trinajstić information content (AvgIpc) is 2.01. The number of aliphatic carboxylic acids is 1. The van der Waals surface area contributed by atoms with Crippen LogP contribution in [-0.4, -0.2) is 41.0 Å². The Bertz CT molecular complexity index is 147. The van der Waals surface area contributed by atoms with Gasteiger partial charge in [0.1, 0.15) is 6.04 Å². The maximum Gasteiger partial charge on any atom is 0.322 e. The van der Waals surface area contributed by atoms with Crippen molar-refractivity contribution in [2.45, 2.75) is 45.9 Å². The molecule has 0 unspecified atom stereocenters. The van der Waals surface area contributed by atoms with Gasteiger partial charge in [-0.15, -0.1) is 12.4 Å². The standard InChI is InChI=1S/C6H14O.C3H7NO3.ClH/c1-5(2)7-6(3)4;4-2(1-5)3(6)7;/h5-6H,1-4H3;2,5H,1,4H2,(H,6,7);1H/t;2-;/m.0./s1. The van der Waals surface area contributed by atoms with Gasteiger partial charge in [0.2, 0.25) is 0 Å². The number of carboxylic acid groups (broad SMARTS) is 1. The first-order chi connectivity index (χ1) is 6.31. The second kappa shape index (κ2) is 11.7.